The fourth-order valence-corrected chi connectivity index (χ4v) is 3.14. The molecule has 0 radical (unpaired) electrons. The number of hydrogen-bond acceptors (Lipinski definition) is 5. The number of hydrogen-bond donors (Lipinski definition) is 1. The Morgan fingerprint density at radius 2 is 1.69 bits per heavy atom. The van der Waals surface area contributed by atoms with Crippen LogP contribution in [0.4, 0.5) is 40.8 Å². The molecule has 1 N–H and O–H groups in total. The molecule has 2 atom stereocenters. The van der Waals surface area contributed by atoms with E-state index in [2.05, 4.69) is 37.0 Å². The van der Waals surface area contributed by atoms with E-state index in [1.807, 2.05) is 0 Å². The van der Waals surface area contributed by atoms with Crippen molar-refractivity contribution in [1.82, 2.24) is 14.9 Å². The van der Waals surface area contributed by atoms with E-state index >= 15 is 0 Å². The molecule has 194 valence electrons. The van der Waals surface area contributed by atoms with Gasteiger partial charge in [0, 0.05) is 11.9 Å². The van der Waals surface area contributed by atoms with Crippen molar-refractivity contribution >= 4 is 24.1 Å². The molecule has 3 heterocycles. The highest BCUT2D eigenvalue weighted by Gasteiger charge is 2.36. The number of likely N-dealkylation sites (tertiary alicyclic amines) is 1. The third-order valence-electron chi connectivity index (χ3n) is 4.85. The zero-order valence-electron chi connectivity index (χ0n) is 18.4. The van der Waals surface area contributed by atoms with Gasteiger partial charge < -0.3 is 10.2 Å². The van der Waals surface area contributed by atoms with E-state index in [9.17, 15) is 35.1 Å². The second kappa shape index (κ2) is 11.0. The first-order valence-corrected chi connectivity index (χ1v) is 10.3. The molecule has 7 nitrogen and oxygen atoms in total. The van der Waals surface area contributed by atoms with Gasteiger partial charge in [0.1, 0.15) is 18.1 Å². The summed E-state index contributed by atoms with van der Waals surface area (Å²) in [5, 5.41) is 2.60. The van der Waals surface area contributed by atoms with Gasteiger partial charge in [-0.1, -0.05) is 6.07 Å². The molecule has 2 aromatic rings. The molecule has 1 aliphatic rings. The van der Waals surface area contributed by atoms with E-state index < -0.39 is 49.2 Å². The summed E-state index contributed by atoms with van der Waals surface area (Å²) in [7, 11) is 0. The van der Waals surface area contributed by atoms with Crippen LogP contribution in [0.25, 0.3) is 0 Å². The SMILES string of the molecule is C=NC/C(=N\C(=N/CNc1ccnc(C(F)(F)F)c1)N1CC(F)C(F)C1)c1cccc(C(F)(F)F)n1. The van der Waals surface area contributed by atoms with E-state index in [1.54, 1.807) is 0 Å². The van der Waals surface area contributed by atoms with Crippen molar-refractivity contribution in [1.29, 1.82) is 0 Å². The Morgan fingerprint density at radius 3 is 2.31 bits per heavy atom. The molecule has 0 aromatic carbocycles. The van der Waals surface area contributed by atoms with Gasteiger partial charge in [-0.3, -0.25) is 9.98 Å². The van der Waals surface area contributed by atoms with Crippen molar-refractivity contribution in [3.8, 4) is 0 Å². The standard InChI is InChI=1S/C21H19F8N7/c1-30-8-16(15-3-2-4-17(34-15)20(24,25)26)35-19(36-9-13(22)14(23)10-36)33-11-32-12-5-6-31-18(7-12)21(27,28)29/h2-7,13-14H,1,8-11H2,(H,31,32)/b33-19+,35-16+. The highest BCUT2D eigenvalue weighted by atomic mass is 19.4. The molecule has 0 amide bonds. The summed E-state index contributed by atoms with van der Waals surface area (Å²) >= 11 is 0. The Balaban J connectivity index is 1.93. The summed E-state index contributed by atoms with van der Waals surface area (Å²) < 4.78 is 106. The maximum Gasteiger partial charge on any atom is 0.433 e. The number of nitrogens with zero attached hydrogens (tertiary/aromatic N) is 6. The fraction of sp³-hybridized carbons (Fsp3) is 0.381. The van der Waals surface area contributed by atoms with Gasteiger partial charge in [0.15, 0.2) is 12.3 Å². The van der Waals surface area contributed by atoms with E-state index in [4.69, 9.17) is 0 Å². The maximum atomic E-state index is 13.8. The second-order valence-electron chi connectivity index (χ2n) is 7.50. The lowest BCUT2D eigenvalue weighted by atomic mass is 10.2. The molecule has 2 unspecified atom stereocenters. The monoisotopic (exact) mass is 521 g/mol. The molecule has 0 saturated carbocycles. The first-order chi connectivity index (χ1) is 16.9. The fourth-order valence-electron chi connectivity index (χ4n) is 3.14. The number of aliphatic imine (C=N–C) groups is 3. The summed E-state index contributed by atoms with van der Waals surface area (Å²) in [6, 6.07) is 5.09. The molecule has 1 saturated heterocycles. The van der Waals surface area contributed by atoms with Crippen molar-refractivity contribution in [3.63, 3.8) is 0 Å². The zero-order chi connectivity index (χ0) is 26.5. The molecular weight excluding hydrogens is 502 g/mol. The van der Waals surface area contributed by atoms with Crippen LogP contribution in [0, 0.1) is 0 Å². The van der Waals surface area contributed by atoms with E-state index in [-0.39, 0.29) is 36.3 Å². The van der Waals surface area contributed by atoms with Crippen molar-refractivity contribution in [2.45, 2.75) is 24.7 Å². The summed E-state index contributed by atoms with van der Waals surface area (Å²) in [5.74, 6) is -0.270. The number of halogens is 8. The van der Waals surface area contributed by atoms with Gasteiger partial charge in [0.2, 0.25) is 5.96 Å². The summed E-state index contributed by atoms with van der Waals surface area (Å²) in [4.78, 5) is 19.8. The summed E-state index contributed by atoms with van der Waals surface area (Å²) in [6.07, 6.45) is -12.2. The Morgan fingerprint density at radius 1 is 1.03 bits per heavy atom. The molecule has 1 fully saturated rings. The number of nitrogens with one attached hydrogen (secondary N) is 1. The summed E-state index contributed by atoms with van der Waals surface area (Å²) in [6.45, 7) is 1.73. The normalized spacial score (nSPS) is 19.5. The number of anilines is 1. The Kier molecular flexibility index (Phi) is 8.20. The molecule has 3 rings (SSSR count). The van der Waals surface area contributed by atoms with Gasteiger partial charge >= 0.3 is 12.4 Å². The Labute approximate surface area is 199 Å². The number of pyridine rings is 2. The van der Waals surface area contributed by atoms with Gasteiger partial charge in [-0.15, -0.1) is 0 Å². The minimum Gasteiger partial charge on any atom is -0.366 e. The van der Waals surface area contributed by atoms with Crippen LogP contribution in [0.1, 0.15) is 17.1 Å². The Hall–Kier alpha value is -3.65. The van der Waals surface area contributed by atoms with Gasteiger partial charge in [0.05, 0.1) is 31.0 Å². The molecule has 0 bridgehead atoms. The lowest BCUT2D eigenvalue weighted by Gasteiger charge is -2.18. The average molecular weight is 521 g/mol. The largest absolute Gasteiger partial charge is 0.433 e. The topological polar surface area (TPSA) is 78.1 Å². The minimum absolute atomic E-state index is 0.00471. The molecular formula is C21H19F8N7. The smallest absolute Gasteiger partial charge is 0.366 e. The molecule has 36 heavy (non-hydrogen) atoms. The van der Waals surface area contributed by atoms with Gasteiger partial charge in [0.25, 0.3) is 0 Å². The Bertz CT molecular complexity index is 1120. The van der Waals surface area contributed by atoms with Crippen LogP contribution in [0.15, 0.2) is 51.5 Å². The first-order valence-electron chi connectivity index (χ1n) is 10.3. The maximum absolute atomic E-state index is 13.8. The molecule has 0 aliphatic carbocycles. The molecule has 2 aromatic heterocycles. The van der Waals surface area contributed by atoms with E-state index in [1.165, 1.54) is 12.1 Å². The number of rotatable bonds is 6. The van der Waals surface area contributed by atoms with Gasteiger partial charge in [-0.25, -0.2) is 23.7 Å². The quantitative estimate of drug-likeness (QED) is 0.347. The first kappa shape index (κ1) is 26.9. The van der Waals surface area contributed by atoms with Crippen molar-refractivity contribution in [2.75, 3.05) is 31.6 Å². The van der Waals surface area contributed by atoms with Crippen LogP contribution in [-0.2, 0) is 12.4 Å². The third-order valence-corrected chi connectivity index (χ3v) is 4.85. The van der Waals surface area contributed by atoms with Crippen molar-refractivity contribution in [3.05, 3.63) is 53.6 Å². The van der Waals surface area contributed by atoms with Crippen molar-refractivity contribution < 1.29 is 35.1 Å². The molecule has 0 spiro atoms. The lowest BCUT2D eigenvalue weighted by molar-refractivity contribution is -0.141. The highest BCUT2D eigenvalue weighted by Crippen LogP contribution is 2.29. The second-order valence-corrected chi connectivity index (χ2v) is 7.50. The minimum atomic E-state index is -4.73. The molecule has 15 heteroatoms. The van der Waals surface area contributed by atoms with Crippen LogP contribution in [0.2, 0.25) is 0 Å². The van der Waals surface area contributed by atoms with E-state index in [0.29, 0.717) is 0 Å². The highest BCUT2D eigenvalue weighted by molar-refractivity contribution is 6.07. The lowest BCUT2D eigenvalue weighted by Crippen LogP contribution is -2.30. The number of alkyl halides is 8. The summed E-state index contributed by atoms with van der Waals surface area (Å²) in [5.41, 5.74) is -2.66. The predicted molar refractivity (Wildman–Crippen MR) is 117 cm³/mol. The van der Waals surface area contributed by atoms with Crippen LogP contribution in [-0.4, -0.2) is 71.9 Å². The predicted octanol–water partition coefficient (Wildman–Crippen LogP) is 4.42. The zero-order valence-corrected chi connectivity index (χ0v) is 18.4. The van der Waals surface area contributed by atoms with Crippen molar-refractivity contribution in [2.24, 2.45) is 15.0 Å². The molecule has 1 aliphatic heterocycles. The van der Waals surface area contributed by atoms with E-state index in [0.717, 1.165) is 29.3 Å². The van der Waals surface area contributed by atoms with Crippen LogP contribution in [0.3, 0.4) is 0 Å². The average Bonchev–Trinajstić information content (AvgIpc) is 3.15. The van der Waals surface area contributed by atoms with Crippen LogP contribution < -0.4 is 5.32 Å². The van der Waals surface area contributed by atoms with Gasteiger partial charge in [-0.05, 0) is 31.0 Å². The number of aromatic nitrogens is 2. The van der Waals surface area contributed by atoms with Crippen LogP contribution in [0.5, 0.6) is 0 Å². The third kappa shape index (κ3) is 6.95. The van der Waals surface area contributed by atoms with Crippen LogP contribution >= 0.6 is 0 Å². The van der Waals surface area contributed by atoms with Gasteiger partial charge in [-0.2, -0.15) is 26.3 Å². The number of guanidine groups is 1.